The molecule has 7 heteroatoms. The number of rotatable bonds is 4. The summed E-state index contributed by atoms with van der Waals surface area (Å²) in [5.74, 6) is 1.40. The van der Waals surface area contributed by atoms with Gasteiger partial charge in [0.15, 0.2) is 0 Å². The number of carbonyl (C=O) groups is 1. The van der Waals surface area contributed by atoms with Crippen LogP contribution in [0.4, 0.5) is 10.1 Å². The lowest BCUT2D eigenvalue weighted by atomic mass is 9.75. The molecule has 2 aliphatic carbocycles. The molecule has 1 amide bonds. The molecule has 182 valence electrons. The van der Waals surface area contributed by atoms with Crippen molar-refractivity contribution in [2.75, 3.05) is 5.32 Å². The highest BCUT2D eigenvalue weighted by Gasteiger charge is 2.55. The van der Waals surface area contributed by atoms with E-state index in [1.807, 2.05) is 66.4 Å². The quantitative estimate of drug-likeness (QED) is 0.337. The Morgan fingerprint density at radius 3 is 2.61 bits per heavy atom. The predicted molar refractivity (Wildman–Crippen MR) is 143 cm³/mol. The van der Waals surface area contributed by atoms with Crippen molar-refractivity contribution in [2.24, 2.45) is 17.8 Å². The Bertz CT molecular complexity index is 1540. The third-order valence-electron chi connectivity index (χ3n) is 8.25. The largest absolute Gasteiger partial charge is 0.325 e. The molecule has 2 heterocycles. The molecule has 36 heavy (non-hydrogen) atoms. The lowest BCUT2D eigenvalue weighted by Gasteiger charge is -2.40. The average Bonchev–Trinajstić information content (AvgIpc) is 3.58. The first-order chi connectivity index (χ1) is 17.5. The fourth-order valence-electron chi connectivity index (χ4n) is 6.74. The Kier molecular flexibility index (Phi) is 5.33. The molecule has 4 nitrogen and oxygen atoms in total. The van der Waals surface area contributed by atoms with Gasteiger partial charge in [0.25, 0.3) is 0 Å². The maximum Gasteiger partial charge on any atom is 0.308 e. The molecule has 2 saturated carbocycles. The zero-order valence-electron chi connectivity index (χ0n) is 19.5. The second-order valence-electron chi connectivity index (χ2n) is 10.3. The summed E-state index contributed by atoms with van der Waals surface area (Å²) in [6.07, 6.45) is 3.71. The van der Waals surface area contributed by atoms with E-state index in [0.717, 1.165) is 31.9 Å². The van der Waals surface area contributed by atoms with Crippen LogP contribution in [0.5, 0.6) is 0 Å². The molecule has 4 aromatic rings. The number of aromatic nitrogens is 1. The van der Waals surface area contributed by atoms with Crippen LogP contribution in [0.15, 0.2) is 76.6 Å². The molecule has 2 bridgehead atoms. The smallest absolute Gasteiger partial charge is 0.308 e. The number of thioether (sulfide) groups is 1. The van der Waals surface area contributed by atoms with Crippen LogP contribution in [-0.2, 0) is 11.3 Å². The van der Waals surface area contributed by atoms with Gasteiger partial charge >= 0.3 is 4.87 Å². The number of hydrogen-bond acceptors (Lipinski definition) is 4. The van der Waals surface area contributed by atoms with Crippen molar-refractivity contribution in [3.63, 3.8) is 0 Å². The summed E-state index contributed by atoms with van der Waals surface area (Å²) < 4.78 is 15.4. The van der Waals surface area contributed by atoms with Crippen molar-refractivity contribution in [1.82, 2.24) is 4.57 Å². The average molecular weight is 517 g/mol. The topological polar surface area (TPSA) is 51.1 Å². The van der Waals surface area contributed by atoms with E-state index < -0.39 is 0 Å². The van der Waals surface area contributed by atoms with E-state index in [1.165, 1.54) is 42.7 Å². The van der Waals surface area contributed by atoms with Crippen LogP contribution in [0.1, 0.15) is 35.6 Å². The first-order valence-corrected chi connectivity index (χ1v) is 14.2. The van der Waals surface area contributed by atoms with E-state index in [0.29, 0.717) is 23.0 Å². The molecule has 2 fully saturated rings. The SMILES string of the molecule is O=C(Cn1c2c(sc1=O)[C@@H](c1ccc(F)cc1)[C@@H]1[C@H]3CC[C@@H](C3)[C@H]1S2)Nc1ccc2ccccc2c1. The molecule has 5 atom stereocenters. The van der Waals surface area contributed by atoms with Gasteiger partial charge in [-0.3, -0.25) is 14.2 Å². The normalized spacial score (nSPS) is 26.1. The molecular weight excluding hydrogens is 491 g/mol. The Labute approximate surface area is 216 Å². The Morgan fingerprint density at radius 1 is 1.00 bits per heavy atom. The van der Waals surface area contributed by atoms with Gasteiger partial charge in [0.1, 0.15) is 12.4 Å². The molecular formula is C29H25FN2O2S2. The van der Waals surface area contributed by atoms with Crippen molar-refractivity contribution in [3.05, 3.63) is 92.7 Å². The van der Waals surface area contributed by atoms with Gasteiger partial charge in [0, 0.05) is 21.7 Å². The summed E-state index contributed by atoms with van der Waals surface area (Å²) >= 11 is 3.07. The minimum Gasteiger partial charge on any atom is -0.325 e. The summed E-state index contributed by atoms with van der Waals surface area (Å²) in [5.41, 5.74) is 1.80. The van der Waals surface area contributed by atoms with E-state index >= 15 is 0 Å². The van der Waals surface area contributed by atoms with Crippen molar-refractivity contribution >= 4 is 45.5 Å². The van der Waals surface area contributed by atoms with Gasteiger partial charge in [0.05, 0.1) is 5.03 Å². The number of hydrogen-bond donors (Lipinski definition) is 1. The zero-order chi connectivity index (χ0) is 24.4. The van der Waals surface area contributed by atoms with Gasteiger partial charge in [-0.2, -0.15) is 0 Å². The van der Waals surface area contributed by atoms with E-state index in [9.17, 15) is 14.0 Å². The van der Waals surface area contributed by atoms with Gasteiger partial charge in [0.2, 0.25) is 5.91 Å². The number of thiazole rings is 1. The second-order valence-corrected chi connectivity index (χ2v) is 12.4. The summed E-state index contributed by atoms with van der Waals surface area (Å²) in [6, 6.07) is 20.7. The van der Waals surface area contributed by atoms with Crippen LogP contribution in [0.25, 0.3) is 10.8 Å². The highest BCUT2D eigenvalue weighted by molar-refractivity contribution is 8.00. The summed E-state index contributed by atoms with van der Waals surface area (Å²) in [7, 11) is 0. The number of nitrogens with one attached hydrogen (secondary N) is 1. The van der Waals surface area contributed by atoms with Crippen LogP contribution in [0.2, 0.25) is 0 Å². The first kappa shape index (κ1) is 22.3. The molecule has 1 aromatic heterocycles. The van der Waals surface area contributed by atoms with Gasteiger partial charge in [-0.1, -0.05) is 53.8 Å². The van der Waals surface area contributed by atoms with E-state index in [4.69, 9.17) is 0 Å². The predicted octanol–water partition coefficient (Wildman–Crippen LogP) is 6.49. The van der Waals surface area contributed by atoms with Gasteiger partial charge in [-0.25, -0.2) is 4.39 Å². The molecule has 1 aliphatic heterocycles. The number of amides is 1. The van der Waals surface area contributed by atoms with Gasteiger partial charge in [-0.05, 0) is 77.6 Å². The Balaban J connectivity index is 1.22. The number of carbonyl (C=O) groups excluding carboxylic acids is 1. The van der Waals surface area contributed by atoms with E-state index in [2.05, 4.69) is 5.32 Å². The molecule has 7 rings (SSSR count). The molecule has 3 aliphatic rings. The maximum atomic E-state index is 13.7. The second kappa shape index (κ2) is 8.60. The zero-order valence-corrected chi connectivity index (χ0v) is 21.2. The highest BCUT2D eigenvalue weighted by atomic mass is 32.2. The third kappa shape index (κ3) is 3.63. The highest BCUT2D eigenvalue weighted by Crippen LogP contribution is 2.64. The summed E-state index contributed by atoms with van der Waals surface area (Å²) in [4.78, 5) is 27.3. The lowest BCUT2D eigenvalue weighted by molar-refractivity contribution is -0.116. The molecule has 0 saturated heterocycles. The van der Waals surface area contributed by atoms with Crippen molar-refractivity contribution in [2.45, 2.75) is 42.0 Å². The molecule has 0 radical (unpaired) electrons. The Hall–Kier alpha value is -2.90. The van der Waals surface area contributed by atoms with Crippen LogP contribution < -0.4 is 10.2 Å². The van der Waals surface area contributed by atoms with Gasteiger partial charge < -0.3 is 5.32 Å². The fraction of sp³-hybridized carbons (Fsp3) is 0.310. The van der Waals surface area contributed by atoms with Crippen molar-refractivity contribution < 1.29 is 9.18 Å². The standard InChI is InChI=1S/C29H25FN2O2S2/c30-21-10-7-17(8-11-21)24-25-19-5-6-20(13-19)26(25)35-28-27(24)36-29(34)32(28)15-23(33)31-22-12-9-16-3-1-2-4-18(16)14-22/h1-4,7-12,14,19-20,24-26H,5-6,13,15H2,(H,31,33)/t19-,20-,24-,25-,26+/m0/s1. The first-order valence-electron chi connectivity index (χ1n) is 12.5. The monoisotopic (exact) mass is 516 g/mol. The number of halogens is 1. The minimum atomic E-state index is -0.246. The lowest BCUT2D eigenvalue weighted by Crippen LogP contribution is -2.34. The number of nitrogens with zero attached hydrogens (tertiary/aromatic N) is 1. The summed E-state index contributed by atoms with van der Waals surface area (Å²) in [5, 5.41) is 6.53. The third-order valence-corrected chi connectivity index (χ3v) is 11.1. The van der Waals surface area contributed by atoms with E-state index in [-0.39, 0.29) is 29.1 Å². The summed E-state index contributed by atoms with van der Waals surface area (Å²) in [6.45, 7) is -0.00782. The van der Waals surface area contributed by atoms with Crippen LogP contribution in [-0.4, -0.2) is 15.7 Å². The number of anilines is 1. The molecule has 3 aromatic carbocycles. The minimum absolute atomic E-state index is 0.00782. The maximum absolute atomic E-state index is 13.7. The fourth-order valence-corrected chi connectivity index (χ4v) is 9.89. The van der Waals surface area contributed by atoms with Crippen molar-refractivity contribution in [1.29, 1.82) is 0 Å². The number of fused-ring (bicyclic) bond motifs is 7. The van der Waals surface area contributed by atoms with E-state index in [1.54, 1.807) is 4.57 Å². The van der Waals surface area contributed by atoms with Crippen LogP contribution in [0, 0.1) is 23.6 Å². The van der Waals surface area contributed by atoms with Crippen molar-refractivity contribution in [3.8, 4) is 0 Å². The number of benzene rings is 3. The Morgan fingerprint density at radius 2 is 1.78 bits per heavy atom. The van der Waals surface area contributed by atoms with Crippen LogP contribution >= 0.6 is 23.1 Å². The molecule has 0 spiro atoms. The van der Waals surface area contributed by atoms with Gasteiger partial charge in [-0.15, -0.1) is 11.8 Å². The van der Waals surface area contributed by atoms with Crippen LogP contribution in [0.3, 0.4) is 0 Å². The molecule has 1 N–H and O–H groups in total. The molecule has 0 unspecified atom stereocenters.